The summed E-state index contributed by atoms with van der Waals surface area (Å²) in [5.74, 6) is 2.89. The topological polar surface area (TPSA) is 48.6 Å². The van der Waals surface area contributed by atoms with E-state index in [1.807, 2.05) is 6.20 Å². The second-order valence-corrected chi connectivity index (χ2v) is 20.8. The summed E-state index contributed by atoms with van der Waals surface area (Å²) in [5, 5.41) is 2.41. The molecule has 0 saturated heterocycles. The molecule has 5 nitrogen and oxygen atoms in total. The van der Waals surface area contributed by atoms with Crippen LogP contribution in [-0.4, -0.2) is 21.0 Å². The third-order valence-corrected chi connectivity index (χ3v) is 14.4. The van der Waals surface area contributed by atoms with Crippen LogP contribution in [0.3, 0.4) is 0 Å². The normalized spacial score (nSPS) is 20.0. The van der Waals surface area contributed by atoms with E-state index in [9.17, 15) is 0 Å². The van der Waals surface area contributed by atoms with Gasteiger partial charge in [0.05, 0.1) is 11.2 Å². The fourth-order valence-corrected chi connectivity index (χ4v) is 10.7. The fraction of sp³-hybridized carbons (Fsp3) is 0.357. The lowest BCUT2D eigenvalue weighted by atomic mass is 9.72. The lowest BCUT2D eigenvalue weighted by Gasteiger charge is -2.36. The number of aryl methyl sites for hydroxylation is 2. The number of aliphatic imine (C=N–C) groups is 1. The Balaban J connectivity index is 1.17. The first-order valence-electron chi connectivity index (χ1n) is 22.2. The van der Waals surface area contributed by atoms with Crippen LogP contribution in [0.2, 0.25) is 0 Å². The minimum atomic E-state index is -0.508. The predicted molar refractivity (Wildman–Crippen MR) is 253 cm³/mol. The molecule has 3 aliphatic rings. The van der Waals surface area contributed by atoms with Crippen LogP contribution in [0, 0.1) is 13.8 Å². The molecule has 310 valence electrons. The van der Waals surface area contributed by atoms with Crippen LogP contribution in [0.5, 0.6) is 11.5 Å². The molecular weight excluding hydrogens is 747 g/mol. The number of aromatic nitrogens is 2. The van der Waals surface area contributed by atoms with Gasteiger partial charge in [-0.1, -0.05) is 110 Å². The summed E-state index contributed by atoms with van der Waals surface area (Å²) >= 11 is 0. The molecule has 0 fully saturated rings. The first-order chi connectivity index (χ1) is 28.8. The van der Waals surface area contributed by atoms with Crippen molar-refractivity contribution in [2.45, 2.75) is 130 Å². The third-order valence-electron chi connectivity index (χ3n) is 14.4. The van der Waals surface area contributed by atoms with Crippen molar-refractivity contribution in [1.82, 2.24) is 9.55 Å². The second kappa shape index (κ2) is 13.2. The van der Waals surface area contributed by atoms with Gasteiger partial charge in [-0.25, -0.2) is 9.98 Å². The Kier molecular flexibility index (Phi) is 8.51. The lowest BCUT2D eigenvalue weighted by Crippen LogP contribution is -2.41. The highest BCUT2D eigenvalue weighted by Gasteiger charge is 2.58. The van der Waals surface area contributed by atoms with Crippen molar-refractivity contribution in [3.63, 3.8) is 0 Å². The van der Waals surface area contributed by atoms with E-state index in [-0.39, 0.29) is 10.8 Å². The highest BCUT2D eigenvalue weighted by Crippen LogP contribution is 2.54. The van der Waals surface area contributed by atoms with Gasteiger partial charge in [-0.15, -0.1) is 0 Å². The summed E-state index contributed by atoms with van der Waals surface area (Å²) in [6.07, 6.45) is 2.72. The number of pyridine rings is 1. The van der Waals surface area contributed by atoms with E-state index in [1.165, 1.54) is 66.4 Å². The molecule has 5 aromatic carbocycles. The maximum Gasteiger partial charge on any atom is 0.217 e. The summed E-state index contributed by atoms with van der Waals surface area (Å²) in [6.45, 7) is 29.6. The summed E-state index contributed by atoms with van der Waals surface area (Å²) in [7, 11) is 0. The molecule has 7 aromatic rings. The van der Waals surface area contributed by atoms with Crippen LogP contribution in [0.25, 0.3) is 38.8 Å². The smallest absolute Gasteiger partial charge is 0.217 e. The molecule has 5 heteroatoms. The van der Waals surface area contributed by atoms with Crippen molar-refractivity contribution in [3.05, 3.63) is 153 Å². The average Bonchev–Trinajstić information content (AvgIpc) is 3.75. The molecule has 0 radical (unpaired) electrons. The van der Waals surface area contributed by atoms with E-state index >= 15 is 0 Å². The molecule has 0 bridgehead atoms. The van der Waals surface area contributed by atoms with Crippen molar-refractivity contribution < 1.29 is 9.47 Å². The molecule has 0 amide bonds. The van der Waals surface area contributed by atoms with Gasteiger partial charge in [0.2, 0.25) is 5.90 Å². The number of benzene rings is 5. The van der Waals surface area contributed by atoms with Crippen LogP contribution in [0.4, 0.5) is 0 Å². The molecule has 2 aliphatic heterocycles. The van der Waals surface area contributed by atoms with Crippen LogP contribution >= 0.6 is 0 Å². The van der Waals surface area contributed by atoms with E-state index in [0.29, 0.717) is 17.7 Å². The zero-order valence-corrected chi connectivity index (χ0v) is 38.3. The van der Waals surface area contributed by atoms with E-state index in [2.05, 4.69) is 186 Å². The van der Waals surface area contributed by atoms with Gasteiger partial charge in [0.25, 0.3) is 0 Å². The molecule has 4 heterocycles. The van der Waals surface area contributed by atoms with Gasteiger partial charge in [0.15, 0.2) is 0 Å². The van der Waals surface area contributed by atoms with Gasteiger partial charge in [-0.3, -0.25) is 4.57 Å². The van der Waals surface area contributed by atoms with Gasteiger partial charge < -0.3 is 9.47 Å². The maximum absolute atomic E-state index is 7.21. The Bertz CT molecular complexity index is 3000. The van der Waals surface area contributed by atoms with Crippen molar-refractivity contribution in [2.75, 3.05) is 0 Å². The quantitative estimate of drug-likeness (QED) is 0.168. The Morgan fingerprint density at radius 2 is 1.46 bits per heavy atom. The molecule has 0 N–H and O–H groups in total. The number of nitrogens with zero attached hydrogens (tertiary/aromatic N) is 3. The largest absolute Gasteiger partial charge is 0.468 e. The minimum absolute atomic E-state index is 0.00275. The van der Waals surface area contributed by atoms with Crippen LogP contribution in [-0.2, 0) is 27.5 Å². The maximum atomic E-state index is 7.21. The van der Waals surface area contributed by atoms with Crippen molar-refractivity contribution in [3.8, 4) is 28.3 Å². The molecular formula is C56H59N3O2. The van der Waals surface area contributed by atoms with Gasteiger partial charge in [-0.05, 0) is 143 Å². The molecule has 0 unspecified atom stereocenters. The molecule has 1 aliphatic carbocycles. The van der Waals surface area contributed by atoms with Gasteiger partial charge >= 0.3 is 0 Å². The average molecular weight is 806 g/mol. The van der Waals surface area contributed by atoms with Crippen LogP contribution < -0.4 is 4.74 Å². The molecule has 0 saturated carbocycles. The van der Waals surface area contributed by atoms with Gasteiger partial charge in [0, 0.05) is 40.4 Å². The van der Waals surface area contributed by atoms with Crippen molar-refractivity contribution >= 4 is 27.8 Å². The standard InChI is InChI=1S/C56H59N3O2/c1-31(2)40-16-14-17-41(32(3)4)49(40)35-24-36(52-58-56(13)44-20-19-33(5)22-37(44)30-55(56,12)61-52)26-39(25-35)60-48-29-47-45(23-34(48)6)54(10,11)46-28-38(53(7,8)9)27-43-42-18-15-21-57-51(42)59(47)50(43)46/h14-29,31-32H,30H2,1-13H3/t55-,56+/m0/s1. The Morgan fingerprint density at radius 3 is 2.16 bits per heavy atom. The van der Waals surface area contributed by atoms with E-state index in [4.69, 9.17) is 19.5 Å². The number of fused-ring (bicyclic) bond motifs is 8. The lowest BCUT2D eigenvalue weighted by molar-refractivity contribution is 0.0476. The Hall–Kier alpha value is -5.68. The highest BCUT2D eigenvalue weighted by atomic mass is 16.5. The predicted octanol–water partition coefficient (Wildman–Crippen LogP) is 14.4. The third kappa shape index (κ3) is 5.79. The highest BCUT2D eigenvalue weighted by molar-refractivity contribution is 6.10. The van der Waals surface area contributed by atoms with Crippen LogP contribution in [0.1, 0.15) is 144 Å². The van der Waals surface area contributed by atoms with E-state index < -0.39 is 11.1 Å². The SMILES string of the molecule is Cc1ccc2c(c1)C[C@]1(C)OC(c3cc(Oc4cc5c(cc4C)C(C)(C)c4cc(C(C)(C)C)cc6c7cccnc7n-5c46)cc(-c4c(C(C)C)cccc4C(C)C)c3)=N[C@]21C. The molecule has 10 rings (SSSR count). The fourth-order valence-electron chi connectivity index (χ4n) is 10.7. The van der Waals surface area contributed by atoms with Crippen LogP contribution in [0.15, 0.2) is 102 Å². The first-order valence-corrected chi connectivity index (χ1v) is 22.2. The summed E-state index contributed by atoms with van der Waals surface area (Å²) in [6, 6.07) is 33.9. The van der Waals surface area contributed by atoms with E-state index in [0.717, 1.165) is 45.9 Å². The molecule has 0 spiro atoms. The monoisotopic (exact) mass is 805 g/mol. The van der Waals surface area contributed by atoms with Gasteiger partial charge in [0.1, 0.15) is 28.3 Å². The summed E-state index contributed by atoms with van der Waals surface area (Å²) in [5.41, 5.74) is 16.8. The Morgan fingerprint density at radius 1 is 0.738 bits per heavy atom. The summed E-state index contributed by atoms with van der Waals surface area (Å²) in [4.78, 5) is 10.5. The van der Waals surface area contributed by atoms with Crippen molar-refractivity contribution in [1.29, 1.82) is 0 Å². The number of rotatable bonds is 6. The Labute approximate surface area is 361 Å². The number of hydrogen-bond acceptors (Lipinski definition) is 4. The molecule has 2 atom stereocenters. The van der Waals surface area contributed by atoms with Gasteiger partial charge in [-0.2, -0.15) is 0 Å². The second-order valence-electron chi connectivity index (χ2n) is 20.8. The first kappa shape index (κ1) is 39.5. The zero-order chi connectivity index (χ0) is 43.1. The van der Waals surface area contributed by atoms with E-state index in [1.54, 1.807) is 0 Å². The zero-order valence-electron chi connectivity index (χ0n) is 38.3. The summed E-state index contributed by atoms with van der Waals surface area (Å²) < 4.78 is 16.7. The molecule has 2 aromatic heterocycles. The van der Waals surface area contributed by atoms with Crippen molar-refractivity contribution in [2.24, 2.45) is 4.99 Å². The number of hydrogen-bond donors (Lipinski definition) is 0. The minimum Gasteiger partial charge on any atom is -0.468 e. The number of ether oxygens (including phenoxy) is 2. The molecule has 61 heavy (non-hydrogen) atoms.